The Bertz CT molecular complexity index is 574. The Hall–Kier alpha value is -2.42. The molecule has 0 amide bonds. The highest BCUT2D eigenvalue weighted by Gasteiger charge is 2.09. The molecule has 2 rings (SSSR count). The summed E-state index contributed by atoms with van der Waals surface area (Å²) in [4.78, 5) is 14.3. The monoisotopic (exact) mass is 228 g/mol. The van der Waals surface area contributed by atoms with Gasteiger partial charge in [-0.2, -0.15) is 5.26 Å². The summed E-state index contributed by atoms with van der Waals surface area (Å²) in [6.07, 6.45) is 1.90. The zero-order valence-electron chi connectivity index (χ0n) is 9.46. The molecule has 0 fully saturated rings. The molecule has 0 atom stereocenters. The third-order valence-electron chi connectivity index (χ3n) is 2.42. The van der Waals surface area contributed by atoms with Crippen LogP contribution < -0.4 is 10.6 Å². The van der Waals surface area contributed by atoms with Crippen LogP contribution in [0.5, 0.6) is 0 Å². The van der Waals surface area contributed by atoms with Crippen LogP contribution in [0.1, 0.15) is 6.42 Å². The number of pyridine rings is 1. The molecular weight excluding hydrogens is 216 g/mol. The minimum atomic E-state index is 0.432. The highest BCUT2D eigenvalue weighted by molar-refractivity contribution is 5.87. The number of nitriles is 1. The molecule has 0 aliphatic heterocycles. The topological polar surface area (TPSA) is 91.7 Å². The minimum absolute atomic E-state index is 0.432. The number of anilines is 2. The first-order valence-electron chi connectivity index (χ1n) is 5.17. The predicted molar refractivity (Wildman–Crippen MR) is 65.2 cm³/mol. The van der Waals surface area contributed by atoms with Crippen LogP contribution >= 0.6 is 0 Å². The molecule has 0 unspecified atom stereocenters. The van der Waals surface area contributed by atoms with E-state index in [1.54, 1.807) is 6.07 Å². The average molecular weight is 228 g/mol. The first-order valence-corrected chi connectivity index (χ1v) is 5.17. The van der Waals surface area contributed by atoms with Crippen molar-refractivity contribution in [1.29, 1.82) is 5.26 Å². The zero-order chi connectivity index (χ0) is 12.3. The van der Waals surface area contributed by atoms with Crippen LogP contribution in [-0.2, 0) is 0 Å². The highest BCUT2D eigenvalue weighted by atomic mass is 15.2. The van der Waals surface area contributed by atoms with Crippen LogP contribution in [0, 0.1) is 11.3 Å². The van der Waals surface area contributed by atoms with E-state index in [0.29, 0.717) is 24.4 Å². The van der Waals surface area contributed by atoms with E-state index in [4.69, 9.17) is 11.0 Å². The van der Waals surface area contributed by atoms with E-state index in [-0.39, 0.29) is 0 Å². The quantitative estimate of drug-likeness (QED) is 0.841. The summed E-state index contributed by atoms with van der Waals surface area (Å²) in [6, 6.07) is 5.66. The summed E-state index contributed by atoms with van der Waals surface area (Å²) in [5.41, 5.74) is 6.17. The largest absolute Gasteiger partial charge is 0.384 e. The predicted octanol–water partition coefficient (Wildman–Crippen LogP) is 0.957. The first-order chi connectivity index (χ1) is 8.22. The van der Waals surface area contributed by atoms with Gasteiger partial charge in [-0.05, 0) is 12.1 Å². The second-order valence-electron chi connectivity index (χ2n) is 3.63. The molecule has 6 heteroatoms. The van der Waals surface area contributed by atoms with Crippen molar-refractivity contribution in [2.24, 2.45) is 0 Å². The fraction of sp³-hybridized carbons (Fsp3) is 0.273. The van der Waals surface area contributed by atoms with Gasteiger partial charge in [0.05, 0.1) is 17.9 Å². The van der Waals surface area contributed by atoms with Crippen LogP contribution in [0.4, 0.5) is 11.6 Å². The van der Waals surface area contributed by atoms with Gasteiger partial charge in [-0.15, -0.1) is 0 Å². The van der Waals surface area contributed by atoms with Crippen LogP contribution in [-0.4, -0.2) is 28.5 Å². The number of hydrogen-bond donors (Lipinski definition) is 1. The maximum atomic E-state index is 8.57. The van der Waals surface area contributed by atoms with Crippen molar-refractivity contribution >= 4 is 22.7 Å². The lowest BCUT2D eigenvalue weighted by atomic mass is 10.3. The van der Waals surface area contributed by atoms with Crippen molar-refractivity contribution in [2.75, 3.05) is 24.2 Å². The summed E-state index contributed by atoms with van der Waals surface area (Å²) in [6.45, 7) is 0.618. The Kier molecular flexibility index (Phi) is 3.01. The van der Waals surface area contributed by atoms with E-state index in [1.165, 1.54) is 6.33 Å². The molecule has 0 aliphatic carbocycles. The van der Waals surface area contributed by atoms with Gasteiger partial charge in [0.15, 0.2) is 5.65 Å². The smallest absolute Gasteiger partial charge is 0.166 e. The van der Waals surface area contributed by atoms with Crippen molar-refractivity contribution in [1.82, 2.24) is 15.0 Å². The SMILES string of the molecule is CN(CCC#N)c1ncnc2nc(N)ccc12. The summed E-state index contributed by atoms with van der Waals surface area (Å²) in [7, 11) is 1.88. The van der Waals surface area contributed by atoms with Gasteiger partial charge in [-0.25, -0.2) is 15.0 Å². The molecule has 17 heavy (non-hydrogen) atoms. The molecular formula is C11H12N6. The normalized spacial score (nSPS) is 10.1. The summed E-state index contributed by atoms with van der Waals surface area (Å²) >= 11 is 0. The molecule has 2 aromatic rings. The van der Waals surface area contributed by atoms with Crippen molar-refractivity contribution in [3.8, 4) is 6.07 Å². The molecule has 6 nitrogen and oxygen atoms in total. The van der Waals surface area contributed by atoms with Gasteiger partial charge in [0.2, 0.25) is 0 Å². The second-order valence-corrected chi connectivity index (χ2v) is 3.63. The third-order valence-corrected chi connectivity index (χ3v) is 2.42. The van der Waals surface area contributed by atoms with E-state index in [2.05, 4.69) is 21.0 Å². The van der Waals surface area contributed by atoms with Crippen molar-refractivity contribution in [3.05, 3.63) is 18.5 Å². The number of hydrogen-bond acceptors (Lipinski definition) is 6. The molecule has 0 aromatic carbocycles. The van der Waals surface area contributed by atoms with Crippen molar-refractivity contribution < 1.29 is 0 Å². The van der Waals surface area contributed by atoms with Gasteiger partial charge in [-0.1, -0.05) is 0 Å². The Labute approximate surface area is 98.7 Å². The number of aromatic nitrogens is 3. The molecule has 0 saturated heterocycles. The Balaban J connectivity index is 2.44. The molecule has 0 radical (unpaired) electrons. The fourth-order valence-corrected chi connectivity index (χ4v) is 1.57. The average Bonchev–Trinajstić information content (AvgIpc) is 2.34. The Morgan fingerprint density at radius 2 is 2.24 bits per heavy atom. The van der Waals surface area contributed by atoms with Crippen LogP contribution in [0.15, 0.2) is 18.5 Å². The minimum Gasteiger partial charge on any atom is -0.384 e. The van der Waals surface area contributed by atoms with Gasteiger partial charge >= 0.3 is 0 Å². The lowest BCUT2D eigenvalue weighted by Gasteiger charge is -2.17. The molecule has 0 saturated carbocycles. The van der Waals surface area contributed by atoms with Gasteiger partial charge in [-0.3, -0.25) is 0 Å². The number of fused-ring (bicyclic) bond motifs is 1. The van der Waals surface area contributed by atoms with Crippen LogP contribution in [0.25, 0.3) is 11.0 Å². The van der Waals surface area contributed by atoms with Crippen molar-refractivity contribution in [3.63, 3.8) is 0 Å². The van der Waals surface area contributed by atoms with Crippen molar-refractivity contribution in [2.45, 2.75) is 6.42 Å². The van der Waals surface area contributed by atoms with Gasteiger partial charge < -0.3 is 10.6 Å². The van der Waals surface area contributed by atoms with Gasteiger partial charge in [0.25, 0.3) is 0 Å². The van der Waals surface area contributed by atoms with E-state index in [9.17, 15) is 0 Å². The lowest BCUT2D eigenvalue weighted by molar-refractivity contribution is 0.886. The van der Waals surface area contributed by atoms with E-state index >= 15 is 0 Å². The number of rotatable bonds is 3. The molecule has 2 N–H and O–H groups in total. The molecule has 2 heterocycles. The molecule has 0 aliphatic rings. The summed E-state index contributed by atoms with van der Waals surface area (Å²) in [5.74, 6) is 1.19. The van der Waals surface area contributed by atoms with E-state index < -0.39 is 0 Å². The fourth-order valence-electron chi connectivity index (χ4n) is 1.57. The molecule has 0 bridgehead atoms. The number of nitrogens with two attached hydrogens (primary N) is 1. The molecule has 86 valence electrons. The zero-order valence-corrected chi connectivity index (χ0v) is 9.46. The standard InChI is InChI=1S/C11H12N6/c1-17(6-2-5-12)11-8-3-4-9(13)16-10(8)14-7-15-11/h3-4,7H,2,6H2,1H3,(H2,13,14,15,16). The van der Waals surface area contributed by atoms with E-state index in [0.717, 1.165) is 11.2 Å². The third kappa shape index (κ3) is 2.23. The molecule has 2 aromatic heterocycles. The maximum absolute atomic E-state index is 8.57. The second kappa shape index (κ2) is 4.61. The Morgan fingerprint density at radius 1 is 1.41 bits per heavy atom. The Morgan fingerprint density at radius 3 is 3.00 bits per heavy atom. The highest BCUT2D eigenvalue weighted by Crippen LogP contribution is 2.21. The number of nitrogens with zero attached hydrogens (tertiary/aromatic N) is 5. The maximum Gasteiger partial charge on any atom is 0.166 e. The lowest BCUT2D eigenvalue weighted by Crippen LogP contribution is -2.19. The van der Waals surface area contributed by atoms with Crippen LogP contribution in [0.3, 0.4) is 0 Å². The number of nitrogen functional groups attached to an aromatic ring is 1. The van der Waals surface area contributed by atoms with Gasteiger partial charge in [0.1, 0.15) is 18.0 Å². The molecule has 0 spiro atoms. The van der Waals surface area contributed by atoms with E-state index in [1.807, 2.05) is 18.0 Å². The first kappa shape index (κ1) is 11.1. The van der Waals surface area contributed by atoms with Gasteiger partial charge in [0, 0.05) is 13.6 Å². The summed E-state index contributed by atoms with van der Waals surface area (Å²) in [5, 5.41) is 9.41. The van der Waals surface area contributed by atoms with Crippen LogP contribution in [0.2, 0.25) is 0 Å². The summed E-state index contributed by atoms with van der Waals surface area (Å²) < 4.78 is 0.